The first-order valence-corrected chi connectivity index (χ1v) is 9.99. The highest BCUT2D eigenvalue weighted by molar-refractivity contribution is 7.14. The third-order valence-corrected chi connectivity index (χ3v) is 6.16. The van der Waals surface area contributed by atoms with Crippen LogP contribution in [-0.4, -0.2) is 71.3 Å². The standard InChI is InChI=1S/C18H26N4O3S/c1-3-20-10-11-22(18(20)25)14-6-8-21(9-7-14)17(24)16-5-4-15(26-16)12-19-13(2)23/h4-5,14H,3,6-12H2,1-2H3,(H,19,23). The van der Waals surface area contributed by atoms with Gasteiger partial charge in [-0.3, -0.25) is 9.59 Å². The van der Waals surface area contributed by atoms with Gasteiger partial charge in [-0.25, -0.2) is 4.79 Å². The van der Waals surface area contributed by atoms with E-state index in [9.17, 15) is 14.4 Å². The normalized spacial score (nSPS) is 18.5. The second-order valence-electron chi connectivity index (χ2n) is 6.75. The van der Waals surface area contributed by atoms with Crippen LogP contribution in [0.2, 0.25) is 0 Å². The zero-order chi connectivity index (χ0) is 18.7. The molecular formula is C18H26N4O3S. The summed E-state index contributed by atoms with van der Waals surface area (Å²) in [4.78, 5) is 43.4. The van der Waals surface area contributed by atoms with Crippen molar-refractivity contribution in [2.45, 2.75) is 39.3 Å². The first-order valence-electron chi connectivity index (χ1n) is 9.17. The van der Waals surface area contributed by atoms with Crippen LogP contribution in [0.5, 0.6) is 0 Å². The molecule has 0 aliphatic carbocycles. The zero-order valence-corrected chi connectivity index (χ0v) is 16.2. The highest BCUT2D eigenvalue weighted by atomic mass is 32.1. The minimum Gasteiger partial charge on any atom is -0.351 e. The van der Waals surface area contributed by atoms with Crippen molar-refractivity contribution >= 4 is 29.2 Å². The summed E-state index contributed by atoms with van der Waals surface area (Å²) in [7, 11) is 0. The van der Waals surface area contributed by atoms with E-state index >= 15 is 0 Å². The molecule has 2 fully saturated rings. The van der Waals surface area contributed by atoms with E-state index in [1.54, 1.807) is 0 Å². The van der Waals surface area contributed by atoms with Gasteiger partial charge in [0, 0.05) is 50.6 Å². The van der Waals surface area contributed by atoms with Crippen LogP contribution in [0, 0.1) is 0 Å². The number of piperidine rings is 1. The predicted octanol–water partition coefficient (Wildman–Crippen LogP) is 1.75. The Morgan fingerprint density at radius 3 is 2.54 bits per heavy atom. The predicted molar refractivity (Wildman–Crippen MR) is 100 cm³/mol. The Morgan fingerprint density at radius 1 is 1.19 bits per heavy atom. The average Bonchev–Trinajstić information content (AvgIpc) is 3.26. The van der Waals surface area contributed by atoms with Gasteiger partial charge in [0.1, 0.15) is 0 Å². The summed E-state index contributed by atoms with van der Waals surface area (Å²) >= 11 is 1.43. The molecule has 8 heteroatoms. The molecule has 1 N–H and O–H groups in total. The van der Waals surface area contributed by atoms with E-state index in [0.29, 0.717) is 24.5 Å². The van der Waals surface area contributed by atoms with E-state index < -0.39 is 0 Å². The van der Waals surface area contributed by atoms with Crippen LogP contribution in [0.25, 0.3) is 0 Å². The Hall–Kier alpha value is -2.09. The van der Waals surface area contributed by atoms with Gasteiger partial charge in [-0.1, -0.05) is 0 Å². The van der Waals surface area contributed by atoms with Gasteiger partial charge in [-0.2, -0.15) is 0 Å². The summed E-state index contributed by atoms with van der Waals surface area (Å²) in [6.45, 7) is 7.66. The van der Waals surface area contributed by atoms with Crippen molar-refractivity contribution < 1.29 is 14.4 Å². The molecule has 7 nitrogen and oxygen atoms in total. The number of carbonyl (C=O) groups is 3. The Bertz CT molecular complexity index is 682. The van der Waals surface area contributed by atoms with Crippen molar-refractivity contribution in [3.8, 4) is 0 Å². The smallest absolute Gasteiger partial charge is 0.320 e. The molecule has 2 aliphatic rings. The number of nitrogens with zero attached hydrogens (tertiary/aromatic N) is 3. The lowest BCUT2D eigenvalue weighted by Gasteiger charge is -2.36. The molecule has 2 aliphatic heterocycles. The largest absolute Gasteiger partial charge is 0.351 e. The van der Waals surface area contributed by atoms with Crippen LogP contribution in [0.15, 0.2) is 12.1 Å². The molecule has 0 atom stereocenters. The Morgan fingerprint density at radius 2 is 1.92 bits per heavy atom. The van der Waals surface area contributed by atoms with Crippen LogP contribution < -0.4 is 5.32 Å². The van der Waals surface area contributed by atoms with E-state index in [-0.39, 0.29) is 23.9 Å². The van der Waals surface area contributed by atoms with Gasteiger partial charge in [0.15, 0.2) is 0 Å². The molecule has 0 saturated carbocycles. The molecule has 0 unspecified atom stereocenters. The molecule has 3 rings (SSSR count). The number of rotatable bonds is 5. The minimum atomic E-state index is -0.0774. The molecule has 0 radical (unpaired) electrons. The van der Waals surface area contributed by atoms with E-state index in [0.717, 1.165) is 37.4 Å². The average molecular weight is 378 g/mol. The van der Waals surface area contributed by atoms with E-state index in [1.807, 2.05) is 33.8 Å². The number of likely N-dealkylation sites (N-methyl/N-ethyl adjacent to an activating group) is 1. The van der Waals surface area contributed by atoms with Gasteiger partial charge in [-0.05, 0) is 31.9 Å². The van der Waals surface area contributed by atoms with Crippen molar-refractivity contribution in [3.05, 3.63) is 21.9 Å². The van der Waals surface area contributed by atoms with Crippen LogP contribution in [0.3, 0.4) is 0 Å². The molecule has 26 heavy (non-hydrogen) atoms. The fourth-order valence-electron chi connectivity index (χ4n) is 3.57. The number of likely N-dealkylation sites (tertiary alicyclic amines) is 1. The summed E-state index contributed by atoms with van der Waals surface area (Å²) in [5.41, 5.74) is 0. The van der Waals surface area contributed by atoms with Crippen LogP contribution in [-0.2, 0) is 11.3 Å². The molecule has 4 amide bonds. The lowest BCUT2D eigenvalue weighted by molar-refractivity contribution is -0.119. The first kappa shape index (κ1) is 18.7. The summed E-state index contributed by atoms with van der Waals surface area (Å²) < 4.78 is 0. The third kappa shape index (κ3) is 4.00. The number of hydrogen-bond donors (Lipinski definition) is 1. The van der Waals surface area contributed by atoms with Crippen LogP contribution in [0.4, 0.5) is 4.79 Å². The maximum absolute atomic E-state index is 12.7. The van der Waals surface area contributed by atoms with E-state index in [2.05, 4.69) is 5.32 Å². The molecule has 142 valence electrons. The number of carbonyl (C=O) groups excluding carboxylic acids is 3. The molecule has 0 aromatic carbocycles. The molecule has 1 aromatic heterocycles. The van der Waals surface area contributed by atoms with Gasteiger partial charge in [-0.15, -0.1) is 11.3 Å². The lowest BCUT2D eigenvalue weighted by Crippen LogP contribution is -2.47. The van der Waals surface area contributed by atoms with Crippen LogP contribution in [0.1, 0.15) is 41.2 Å². The number of nitrogens with one attached hydrogen (secondary N) is 1. The van der Waals surface area contributed by atoms with Gasteiger partial charge >= 0.3 is 6.03 Å². The SMILES string of the molecule is CCN1CCN(C2CCN(C(=O)c3ccc(CNC(C)=O)s3)CC2)C1=O. The lowest BCUT2D eigenvalue weighted by atomic mass is 10.0. The summed E-state index contributed by atoms with van der Waals surface area (Å²) in [5.74, 6) is -0.0306. The van der Waals surface area contributed by atoms with Crippen molar-refractivity contribution in [2.24, 2.45) is 0 Å². The maximum atomic E-state index is 12.7. The van der Waals surface area contributed by atoms with Crippen molar-refractivity contribution in [2.75, 3.05) is 32.7 Å². The molecule has 2 saturated heterocycles. The van der Waals surface area contributed by atoms with Crippen molar-refractivity contribution in [1.29, 1.82) is 0 Å². The Kier molecular flexibility index (Phi) is 5.80. The number of urea groups is 1. The van der Waals surface area contributed by atoms with Crippen molar-refractivity contribution in [1.82, 2.24) is 20.0 Å². The number of hydrogen-bond acceptors (Lipinski definition) is 4. The van der Waals surface area contributed by atoms with Gasteiger partial charge in [0.2, 0.25) is 5.91 Å². The molecule has 1 aromatic rings. The van der Waals surface area contributed by atoms with Gasteiger partial charge in [0.05, 0.1) is 11.4 Å². The molecule has 0 bridgehead atoms. The highest BCUT2D eigenvalue weighted by Gasteiger charge is 2.35. The second kappa shape index (κ2) is 8.07. The van der Waals surface area contributed by atoms with Gasteiger partial charge < -0.3 is 20.0 Å². The van der Waals surface area contributed by atoms with E-state index in [4.69, 9.17) is 0 Å². The second-order valence-corrected chi connectivity index (χ2v) is 7.92. The zero-order valence-electron chi connectivity index (χ0n) is 15.4. The quantitative estimate of drug-likeness (QED) is 0.848. The van der Waals surface area contributed by atoms with E-state index in [1.165, 1.54) is 18.3 Å². The van der Waals surface area contributed by atoms with Gasteiger partial charge in [0.25, 0.3) is 5.91 Å². The summed E-state index contributed by atoms with van der Waals surface area (Å²) in [6, 6.07) is 4.10. The fraction of sp³-hybridized carbons (Fsp3) is 0.611. The minimum absolute atomic E-state index is 0.0467. The molecule has 0 spiro atoms. The number of amides is 4. The Labute approximate surface area is 157 Å². The highest BCUT2D eigenvalue weighted by Crippen LogP contribution is 2.24. The van der Waals surface area contributed by atoms with Crippen molar-refractivity contribution in [3.63, 3.8) is 0 Å². The topological polar surface area (TPSA) is 73.0 Å². The first-order chi connectivity index (χ1) is 12.5. The maximum Gasteiger partial charge on any atom is 0.320 e. The number of thiophene rings is 1. The monoisotopic (exact) mass is 378 g/mol. The van der Waals surface area contributed by atoms with Crippen LogP contribution >= 0.6 is 11.3 Å². The molecular weight excluding hydrogens is 352 g/mol. The fourth-order valence-corrected chi connectivity index (χ4v) is 4.48. The summed E-state index contributed by atoms with van der Waals surface area (Å²) in [6.07, 6.45) is 1.66. The Balaban J connectivity index is 1.52. The summed E-state index contributed by atoms with van der Waals surface area (Å²) in [5, 5.41) is 2.75. The third-order valence-electron chi connectivity index (χ3n) is 5.09. The molecule has 3 heterocycles.